The SMILES string of the molecule is C[C@H](Cc1ccc(O)cc1)N(C)C(=O)Nc1ccc(F)cc1F. The van der Waals surface area contributed by atoms with Crippen LogP contribution >= 0.6 is 0 Å². The van der Waals surface area contributed by atoms with E-state index in [0.717, 1.165) is 17.7 Å². The highest BCUT2D eigenvalue weighted by Gasteiger charge is 2.17. The molecule has 0 radical (unpaired) electrons. The topological polar surface area (TPSA) is 52.6 Å². The Kier molecular flexibility index (Phi) is 5.16. The van der Waals surface area contributed by atoms with Crippen LogP contribution in [0, 0.1) is 11.6 Å². The van der Waals surface area contributed by atoms with Crippen molar-refractivity contribution in [1.29, 1.82) is 0 Å². The first-order chi connectivity index (χ1) is 10.9. The van der Waals surface area contributed by atoms with Crippen molar-refractivity contribution in [3.05, 3.63) is 59.7 Å². The summed E-state index contributed by atoms with van der Waals surface area (Å²) in [6.07, 6.45) is 0.579. The summed E-state index contributed by atoms with van der Waals surface area (Å²) in [5.74, 6) is -1.34. The van der Waals surface area contributed by atoms with E-state index in [-0.39, 0.29) is 17.5 Å². The first kappa shape index (κ1) is 16.7. The maximum Gasteiger partial charge on any atom is 0.321 e. The summed E-state index contributed by atoms with van der Waals surface area (Å²) in [5, 5.41) is 11.7. The number of benzene rings is 2. The fourth-order valence-electron chi connectivity index (χ4n) is 2.10. The average Bonchev–Trinajstić information content (AvgIpc) is 2.51. The van der Waals surface area contributed by atoms with Crippen molar-refractivity contribution in [2.75, 3.05) is 12.4 Å². The van der Waals surface area contributed by atoms with Crippen molar-refractivity contribution in [2.24, 2.45) is 0 Å². The molecule has 2 rings (SSSR count). The number of amides is 2. The third-order valence-corrected chi connectivity index (χ3v) is 3.62. The third-order valence-electron chi connectivity index (χ3n) is 3.62. The summed E-state index contributed by atoms with van der Waals surface area (Å²) in [5.41, 5.74) is 0.892. The van der Waals surface area contributed by atoms with Crippen molar-refractivity contribution in [3.8, 4) is 5.75 Å². The van der Waals surface area contributed by atoms with E-state index in [1.54, 1.807) is 31.3 Å². The van der Waals surface area contributed by atoms with Crippen LogP contribution in [0.2, 0.25) is 0 Å². The zero-order chi connectivity index (χ0) is 17.0. The minimum Gasteiger partial charge on any atom is -0.508 e. The van der Waals surface area contributed by atoms with Gasteiger partial charge in [0.15, 0.2) is 0 Å². The zero-order valence-corrected chi connectivity index (χ0v) is 12.9. The molecule has 0 fully saturated rings. The number of carbonyl (C=O) groups is 1. The highest BCUT2D eigenvalue weighted by molar-refractivity contribution is 5.89. The van der Waals surface area contributed by atoms with Gasteiger partial charge in [-0.1, -0.05) is 12.1 Å². The van der Waals surface area contributed by atoms with Crippen molar-refractivity contribution < 1.29 is 18.7 Å². The van der Waals surface area contributed by atoms with E-state index >= 15 is 0 Å². The van der Waals surface area contributed by atoms with Gasteiger partial charge in [-0.15, -0.1) is 0 Å². The lowest BCUT2D eigenvalue weighted by molar-refractivity contribution is 0.207. The van der Waals surface area contributed by atoms with Crippen LogP contribution < -0.4 is 5.32 Å². The van der Waals surface area contributed by atoms with Gasteiger partial charge in [-0.25, -0.2) is 13.6 Å². The van der Waals surface area contributed by atoms with Crippen molar-refractivity contribution >= 4 is 11.7 Å². The summed E-state index contributed by atoms with van der Waals surface area (Å²) >= 11 is 0. The van der Waals surface area contributed by atoms with Gasteiger partial charge in [-0.05, 0) is 43.2 Å². The largest absolute Gasteiger partial charge is 0.508 e. The smallest absolute Gasteiger partial charge is 0.321 e. The Labute approximate surface area is 133 Å². The number of likely N-dealkylation sites (N-methyl/N-ethyl adjacent to an activating group) is 1. The number of anilines is 1. The molecule has 4 nitrogen and oxygen atoms in total. The molecule has 2 aromatic carbocycles. The molecule has 0 unspecified atom stereocenters. The number of phenols is 1. The number of carbonyl (C=O) groups excluding carboxylic acids is 1. The normalized spacial score (nSPS) is 11.8. The standard InChI is InChI=1S/C17H18F2N2O2/c1-11(9-12-3-6-14(22)7-4-12)21(2)17(23)20-16-8-5-13(18)10-15(16)19/h3-8,10-11,22H,9H2,1-2H3,(H,20,23)/t11-/m1/s1. The Hall–Kier alpha value is -2.63. The molecule has 2 amide bonds. The molecule has 122 valence electrons. The Morgan fingerprint density at radius 2 is 1.87 bits per heavy atom. The van der Waals surface area contributed by atoms with Crippen LogP contribution in [0.4, 0.5) is 19.3 Å². The molecule has 1 atom stereocenters. The Morgan fingerprint density at radius 3 is 2.48 bits per heavy atom. The number of nitrogens with zero attached hydrogens (tertiary/aromatic N) is 1. The van der Waals surface area contributed by atoms with Gasteiger partial charge < -0.3 is 15.3 Å². The lowest BCUT2D eigenvalue weighted by atomic mass is 10.1. The highest BCUT2D eigenvalue weighted by atomic mass is 19.1. The quantitative estimate of drug-likeness (QED) is 0.901. The van der Waals surface area contributed by atoms with E-state index in [1.165, 1.54) is 11.0 Å². The predicted molar refractivity (Wildman–Crippen MR) is 84.4 cm³/mol. The summed E-state index contributed by atoms with van der Waals surface area (Å²) in [6.45, 7) is 1.85. The van der Waals surface area contributed by atoms with Crippen LogP contribution in [0.3, 0.4) is 0 Å². The maximum atomic E-state index is 13.6. The number of phenolic OH excluding ortho intramolecular Hbond substituents is 1. The van der Waals surface area contributed by atoms with Gasteiger partial charge in [0.25, 0.3) is 0 Å². The number of urea groups is 1. The van der Waals surface area contributed by atoms with Gasteiger partial charge in [-0.2, -0.15) is 0 Å². The first-order valence-electron chi connectivity index (χ1n) is 7.13. The van der Waals surface area contributed by atoms with E-state index in [2.05, 4.69) is 5.32 Å². The van der Waals surface area contributed by atoms with Crippen LogP contribution in [0.25, 0.3) is 0 Å². The van der Waals surface area contributed by atoms with Crippen molar-refractivity contribution in [2.45, 2.75) is 19.4 Å². The number of halogens is 2. The molecule has 0 aliphatic heterocycles. The second kappa shape index (κ2) is 7.09. The van der Waals surface area contributed by atoms with Gasteiger partial charge in [0, 0.05) is 19.2 Å². The van der Waals surface area contributed by atoms with E-state index in [1.807, 2.05) is 6.92 Å². The molecule has 0 spiro atoms. The van der Waals surface area contributed by atoms with Crippen LogP contribution in [0.1, 0.15) is 12.5 Å². The molecule has 2 N–H and O–H groups in total. The van der Waals surface area contributed by atoms with Gasteiger partial charge in [0.1, 0.15) is 17.4 Å². The molecule has 2 aromatic rings. The molecule has 0 aliphatic carbocycles. The minimum absolute atomic E-state index is 0.0694. The minimum atomic E-state index is -0.821. The predicted octanol–water partition coefficient (Wildman–Crippen LogP) is 3.77. The second-order valence-corrected chi connectivity index (χ2v) is 5.38. The summed E-state index contributed by atoms with van der Waals surface area (Å²) in [4.78, 5) is 13.6. The van der Waals surface area contributed by atoms with Crippen molar-refractivity contribution in [1.82, 2.24) is 4.90 Å². The van der Waals surface area contributed by atoms with E-state index in [0.29, 0.717) is 6.42 Å². The monoisotopic (exact) mass is 320 g/mol. The van der Waals surface area contributed by atoms with Gasteiger partial charge in [0.2, 0.25) is 0 Å². The lowest BCUT2D eigenvalue weighted by Crippen LogP contribution is -2.39. The summed E-state index contributed by atoms with van der Waals surface area (Å²) < 4.78 is 26.4. The van der Waals surface area contributed by atoms with E-state index < -0.39 is 17.7 Å². The van der Waals surface area contributed by atoms with Crippen LogP contribution in [0.15, 0.2) is 42.5 Å². The molecule has 6 heteroatoms. The Morgan fingerprint density at radius 1 is 1.22 bits per heavy atom. The number of nitrogens with one attached hydrogen (secondary N) is 1. The molecule has 0 saturated heterocycles. The Balaban J connectivity index is 1.99. The molecule has 0 aromatic heterocycles. The molecule has 0 heterocycles. The van der Waals surface area contributed by atoms with Gasteiger partial charge in [-0.3, -0.25) is 0 Å². The number of aromatic hydroxyl groups is 1. The molecule has 0 saturated carbocycles. The lowest BCUT2D eigenvalue weighted by Gasteiger charge is -2.25. The fraction of sp³-hybridized carbons (Fsp3) is 0.235. The maximum absolute atomic E-state index is 13.6. The van der Waals surface area contributed by atoms with Crippen molar-refractivity contribution in [3.63, 3.8) is 0 Å². The zero-order valence-electron chi connectivity index (χ0n) is 12.9. The first-order valence-corrected chi connectivity index (χ1v) is 7.13. The summed E-state index contributed by atoms with van der Waals surface area (Å²) in [7, 11) is 1.60. The molecule has 0 bridgehead atoms. The number of hydrogen-bond donors (Lipinski definition) is 2. The fourth-order valence-corrected chi connectivity index (χ4v) is 2.10. The van der Waals surface area contributed by atoms with Crippen LogP contribution in [-0.2, 0) is 6.42 Å². The highest BCUT2D eigenvalue weighted by Crippen LogP contribution is 2.17. The van der Waals surface area contributed by atoms with Crippen LogP contribution in [-0.4, -0.2) is 29.1 Å². The van der Waals surface area contributed by atoms with Gasteiger partial charge in [0.05, 0.1) is 5.69 Å². The Bertz CT molecular complexity index is 689. The molecule has 0 aliphatic rings. The number of hydrogen-bond acceptors (Lipinski definition) is 2. The van der Waals surface area contributed by atoms with E-state index in [4.69, 9.17) is 0 Å². The summed E-state index contributed by atoms with van der Waals surface area (Å²) in [6, 6.07) is 9.06. The molecular formula is C17H18F2N2O2. The molecular weight excluding hydrogens is 302 g/mol. The molecule has 23 heavy (non-hydrogen) atoms. The van der Waals surface area contributed by atoms with Gasteiger partial charge >= 0.3 is 6.03 Å². The van der Waals surface area contributed by atoms with Crippen LogP contribution in [0.5, 0.6) is 5.75 Å². The second-order valence-electron chi connectivity index (χ2n) is 5.38. The third kappa shape index (κ3) is 4.42. The van der Waals surface area contributed by atoms with E-state index in [9.17, 15) is 18.7 Å². The number of rotatable bonds is 4. The average molecular weight is 320 g/mol.